The molecule has 1 N–H and O–H groups in total. The zero-order valence-electron chi connectivity index (χ0n) is 14.8. The normalized spacial score (nSPS) is 15.7. The zero-order valence-corrected chi connectivity index (χ0v) is 16.3. The second-order valence-electron chi connectivity index (χ2n) is 6.21. The van der Waals surface area contributed by atoms with Gasteiger partial charge in [-0.05, 0) is 37.4 Å². The third-order valence-electron chi connectivity index (χ3n) is 4.40. The number of benzene rings is 2. The van der Waals surface area contributed by atoms with Crippen molar-refractivity contribution in [3.05, 3.63) is 47.5 Å². The largest absolute Gasteiger partial charge is 0.495 e. The van der Waals surface area contributed by atoms with E-state index < -0.39 is 10.0 Å². The van der Waals surface area contributed by atoms with Crippen molar-refractivity contribution in [2.24, 2.45) is 0 Å². The van der Waals surface area contributed by atoms with Crippen LogP contribution in [-0.2, 0) is 10.0 Å². The number of rotatable bonds is 5. The monoisotopic (exact) mass is 395 g/mol. The van der Waals surface area contributed by atoms with Gasteiger partial charge in [0.15, 0.2) is 0 Å². The minimum absolute atomic E-state index is 0.0543. The highest BCUT2D eigenvalue weighted by Crippen LogP contribution is 2.33. The predicted octanol–water partition coefficient (Wildman–Crippen LogP) is 2.90. The topological polar surface area (TPSA) is 61.9 Å². The van der Waals surface area contributed by atoms with Crippen molar-refractivity contribution >= 4 is 33.0 Å². The van der Waals surface area contributed by atoms with Gasteiger partial charge in [0.2, 0.25) is 0 Å². The second-order valence-corrected chi connectivity index (χ2v) is 8.27. The van der Waals surface area contributed by atoms with E-state index in [2.05, 4.69) is 21.6 Å². The van der Waals surface area contributed by atoms with Gasteiger partial charge in [-0.1, -0.05) is 23.7 Å². The lowest BCUT2D eigenvalue weighted by Crippen LogP contribution is -2.44. The summed E-state index contributed by atoms with van der Waals surface area (Å²) < 4.78 is 33.4. The summed E-state index contributed by atoms with van der Waals surface area (Å²) in [7, 11) is -0.0697. The van der Waals surface area contributed by atoms with Crippen LogP contribution in [0.2, 0.25) is 5.02 Å². The highest BCUT2D eigenvalue weighted by Gasteiger charge is 2.21. The van der Waals surface area contributed by atoms with Crippen LogP contribution in [0.4, 0.5) is 11.4 Å². The fourth-order valence-electron chi connectivity index (χ4n) is 2.92. The van der Waals surface area contributed by atoms with E-state index in [1.54, 1.807) is 43.5 Å². The lowest BCUT2D eigenvalue weighted by atomic mass is 10.2. The number of hydrogen-bond donors (Lipinski definition) is 1. The predicted molar refractivity (Wildman–Crippen MR) is 105 cm³/mol. The number of sulfonamides is 1. The Morgan fingerprint density at radius 2 is 1.77 bits per heavy atom. The van der Waals surface area contributed by atoms with Crippen LogP contribution in [0, 0.1) is 0 Å². The van der Waals surface area contributed by atoms with Crippen molar-refractivity contribution in [1.82, 2.24) is 4.90 Å². The smallest absolute Gasteiger partial charge is 0.263 e. The summed E-state index contributed by atoms with van der Waals surface area (Å²) in [5.41, 5.74) is 1.35. The van der Waals surface area contributed by atoms with Gasteiger partial charge in [-0.3, -0.25) is 4.72 Å². The van der Waals surface area contributed by atoms with Crippen molar-refractivity contribution in [1.29, 1.82) is 0 Å². The van der Waals surface area contributed by atoms with Crippen molar-refractivity contribution in [2.75, 3.05) is 50.0 Å². The molecule has 0 amide bonds. The molecule has 0 aromatic heterocycles. The molecule has 2 aromatic carbocycles. The number of halogens is 1. The van der Waals surface area contributed by atoms with Crippen molar-refractivity contribution in [3.8, 4) is 5.75 Å². The lowest BCUT2D eigenvalue weighted by molar-refractivity contribution is 0.311. The molecular formula is C18H22ClN3O3S. The van der Waals surface area contributed by atoms with Crippen LogP contribution in [0.15, 0.2) is 47.4 Å². The van der Waals surface area contributed by atoms with Crippen molar-refractivity contribution in [3.63, 3.8) is 0 Å². The third-order valence-corrected chi connectivity index (χ3v) is 6.28. The van der Waals surface area contributed by atoms with E-state index in [1.807, 2.05) is 0 Å². The van der Waals surface area contributed by atoms with Crippen LogP contribution >= 0.6 is 11.6 Å². The molecule has 1 aliphatic heterocycles. The zero-order chi connectivity index (χ0) is 18.7. The minimum atomic E-state index is -3.77. The van der Waals surface area contributed by atoms with Gasteiger partial charge in [0.1, 0.15) is 10.6 Å². The molecule has 1 aliphatic rings. The van der Waals surface area contributed by atoms with Gasteiger partial charge in [-0.2, -0.15) is 0 Å². The number of nitrogens with one attached hydrogen (secondary N) is 1. The van der Waals surface area contributed by atoms with Crippen LogP contribution < -0.4 is 14.4 Å². The Kier molecular flexibility index (Phi) is 5.60. The third kappa shape index (κ3) is 4.06. The Balaban J connectivity index is 1.89. The van der Waals surface area contributed by atoms with Gasteiger partial charge in [0, 0.05) is 26.2 Å². The lowest BCUT2D eigenvalue weighted by Gasteiger charge is -2.35. The first kappa shape index (κ1) is 18.8. The Morgan fingerprint density at radius 3 is 2.42 bits per heavy atom. The van der Waals surface area contributed by atoms with Gasteiger partial charge in [0.25, 0.3) is 10.0 Å². The second kappa shape index (κ2) is 7.73. The summed E-state index contributed by atoms with van der Waals surface area (Å²) >= 11 is 6.04. The number of hydrogen-bond acceptors (Lipinski definition) is 5. The van der Waals surface area contributed by atoms with E-state index in [0.717, 1.165) is 37.6 Å². The van der Waals surface area contributed by atoms with Crippen molar-refractivity contribution in [2.45, 2.75) is 4.90 Å². The first-order chi connectivity index (χ1) is 12.4. The van der Waals surface area contributed by atoms with E-state index >= 15 is 0 Å². The average molecular weight is 396 g/mol. The van der Waals surface area contributed by atoms with E-state index in [4.69, 9.17) is 16.3 Å². The molecule has 6 nitrogen and oxygen atoms in total. The maximum Gasteiger partial charge on any atom is 0.263 e. The van der Waals surface area contributed by atoms with E-state index in [1.165, 1.54) is 6.07 Å². The van der Waals surface area contributed by atoms with Gasteiger partial charge < -0.3 is 14.5 Å². The molecule has 1 heterocycles. The number of methoxy groups -OCH3 is 1. The molecule has 140 valence electrons. The molecule has 0 spiro atoms. The summed E-state index contributed by atoms with van der Waals surface area (Å²) in [5, 5.41) is 0.188. The number of ether oxygens (including phenoxy) is 1. The molecule has 0 radical (unpaired) electrons. The maximum absolute atomic E-state index is 12.7. The number of anilines is 2. The molecular weight excluding hydrogens is 374 g/mol. The highest BCUT2D eigenvalue weighted by atomic mass is 35.5. The SMILES string of the molecule is COc1ccc(NS(=O)(=O)c2ccccc2Cl)cc1N1CCN(C)CC1. The molecule has 0 aliphatic carbocycles. The average Bonchev–Trinajstić information content (AvgIpc) is 2.62. The summed E-state index contributed by atoms with van der Waals surface area (Å²) in [5.74, 6) is 0.718. The summed E-state index contributed by atoms with van der Waals surface area (Å²) in [6.07, 6.45) is 0. The first-order valence-corrected chi connectivity index (χ1v) is 10.2. The van der Waals surface area contributed by atoms with Crippen LogP contribution in [0.25, 0.3) is 0 Å². The molecule has 3 rings (SSSR count). The van der Waals surface area contributed by atoms with Gasteiger partial charge in [0.05, 0.1) is 23.5 Å². The Hall–Kier alpha value is -1.96. The molecule has 2 aromatic rings. The fraction of sp³-hybridized carbons (Fsp3) is 0.333. The van der Waals surface area contributed by atoms with E-state index in [-0.39, 0.29) is 9.92 Å². The van der Waals surface area contributed by atoms with Gasteiger partial charge in [-0.25, -0.2) is 8.42 Å². The quantitative estimate of drug-likeness (QED) is 0.843. The fourth-order valence-corrected chi connectivity index (χ4v) is 4.49. The van der Waals surface area contributed by atoms with Crippen LogP contribution in [0.3, 0.4) is 0 Å². The highest BCUT2D eigenvalue weighted by molar-refractivity contribution is 7.92. The Morgan fingerprint density at radius 1 is 1.08 bits per heavy atom. The molecule has 0 bridgehead atoms. The Bertz CT molecular complexity index is 881. The molecule has 26 heavy (non-hydrogen) atoms. The van der Waals surface area contributed by atoms with E-state index in [0.29, 0.717) is 5.69 Å². The molecule has 1 saturated heterocycles. The van der Waals surface area contributed by atoms with Crippen LogP contribution in [0.1, 0.15) is 0 Å². The van der Waals surface area contributed by atoms with E-state index in [9.17, 15) is 8.42 Å². The summed E-state index contributed by atoms with van der Waals surface area (Å²) in [6.45, 7) is 3.60. The van der Waals surface area contributed by atoms with Crippen LogP contribution in [0.5, 0.6) is 5.75 Å². The first-order valence-electron chi connectivity index (χ1n) is 8.29. The molecule has 1 fully saturated rings. The summed E-state index contributed by atoms with van der Waals surface area (Å²) in [6, 6.07) is 11.6. The number of likely N-dealkylation sites (N-methyl/N-ethyl adjacent to an activating group) is 1. The maximum atomic E-state index is 12.7. The van der Waals surface area contributed by atoms with Gasteiger partial charge in [-0.15, -0.1) is 0 Å². The summed E-state index contributed by atoms with van der Waals surface area (Å²) in [4.78, 5) is 4.51. The Labute approximate surface area is 159 Å². The standard InChI is InChI=1S/C18H22ClN3O3S/c1-21-9-11-22(12-10-21)16-13-14(7-8-17(16)25-2)20-26(23,24)18-6-4-3-5-15(18)19/h3-8,13,20H,9-12H2,1-2H3. The van der Waals surface area contributed by atoms with Crippen molar-refractivity contribution < 1.29 is 13.2 Å². The number of piperazine rings is 1. The molecule has 0 saturated carbocycles. The number of nitrogens with zero attached hydrogens (tertiary/aromatic N) is 2. The minimum Gasteiger partial charge on any atom is -0.495 e. The molecule has 0 atom stereocenters. The molecule has 8 heteroatoms. The van der Waals surface area contributed by atoms with Crippen LogP contribution in [-0.4, -0.2) is 53.7 Å². The van der Waals surface area contributed by atoms with Gasteiger partial charge >= 0.3 is 0 Å². The molecule has 0 unspecified atom stereocenters.